The second kappa shape index (κ2) is 5.08. The van der Waals surface area contributed by atoms with Crippen molar-refractivity contribution in [3.05, 3.63) is 29.8 Å². The summed E-state index contributed by atoms with van der Waals surface area (Å²) in [6.45, 7) is -0.271. The number of ether oxygens (including phenoxy) is 1. The second-order valence-corrected chi connectivity index (χ2v) is 2.65. The highest BCUT2D eigenvalue weighted by atomic mass is 16.5. The minimum atomic E-state index is -0.649. The average Bonchev–Trinajstić information content (AvgIpc) is 2.17. The van der Waals surface area contributed by atoms with Crippen LogP contribution >= 0.6 is 0 Å². The van der Waals surface area contributed by atoms with Crippen LogP contribution < -0.4 is 11.1 Å². The number of nitrogen functional groups attached to an aromatic ring is 1. The number of nitrogens with one attached hydrogen (secondary N) is 1. The normalized spacial score (nSPS) is 9.50. The van der Waals surface area contributed by atoms with Crippen LogP contribution in [-0.2, 0) is 11.3 Å². The van der Waals surface area contributed by atoms with E-state index >= 15 is 0 Å². The molecule has 0 atom stereocenters. The third-order valence-corrected chi connectivity index (χ3v) is 1.57. The van der Waals surface area contributed by atoms with Gasteiger partial charge in [-0.1, -0.05) is 12.1 Å². The highest BCUT2D eigenvalue weighted by molar-refractivity contribution is 5.66. The number of anilines is 1. The van der Waals surface area contributed by atoms with Crippen molar-refractivity contribution in [1.82, 2.24) is 5.32 Å². The van der Waals surface area contributed by atoms with Gasteiger partial charge in [-0.25, -0.2) is 4.79 Å². The first-order chi connectivity index (χ1) is 6.72. The van der Waals surface area contributed by atoms with Gasteiger partial charge in [0.1, 0.15) is 13.3 Å². The van der Waals surface area contributed by atoms with Gasteiger partial charge in [-0.3, -0.25) is 5.32 Å². The SMILES string of the molecule is Nc1ccc(COC(=O)NCO)cc1. The average molecular weight is 196 g/mol. The third-order valence-electron chi connectivity index (χ3n) is 1.57. The van der Waals surface area contributed by atoms with E-state index < -0.39 is 12.8 Å². The predicted octanol–water partition coefficient (Wildman–Crippen LogP) is 0.445. The maximum atomic E-state index is 10.8. The predicted molar refractivity (Wildman–Crippen MR) is 51.3 cm³/mol. The first-order valence-corrected chi connectivity index (χ1v) is 4.08. The van der Waals surface area contributed by atoms with E-state index in [2.05, 4.69) is 5.32 Å². The Balaban J connectivity index is 2.38. The van der Waals surface area contributed by atoms with Crippen molar-refractivity contribution in [3.63, 3.8) is 0 Å². The van der Waals surface area contributed by atoms with E-state index in [0.29, 0.717) is 5.69 Å². The molecule has 0 aliphatic carbocycles. The number of nitrogens with two attached hydrogens (primary N) is 1. The van der Waals surface area contributed by atoms with E-state index in [4.69, 9.17) is 15.6 Å². The Morgan fingerprint density at radius 3 is 2.64 bits per heavy atom. The Bertz CT molecular complexity index is 297. The molecule has 5 nitrogen and oxygen atoms in total. The third kappa shape index (κ3) is 3.32. The van der Waals surface area contributed by atoms with Gasteiger partial charge >= 0.3 is 6.09 Å². The molecule has 5 heteroatoms. The Morgan fingerprint density at radius 1 is 1.43 bits per heavy atom. The van der Waals surface area contributed by atoms with Crippen LogP contribution in [0, 0.1) is 0 Å². The molecule has 1 aromatic carbocycles. The van der Waals surface area contributed by atoms with Gasteiger partial charge in [-0.15, -0.1) is 0 Å². The second-order valence-electron chi connectivity index (χ2n) is 2.65. The molecule has 0 bridgehead atoms. The molecule has 0 fully saturated rings. The fraction of sp³-hybridized carbons (Fsp3) is 0.222. The molecule has 0 unspecified atom stereocenters. The van der Waals surface area contributed by atoms with Crippen molar-refractivity contribution in [1.29, 1.82) is 0 Å². The molecule has 0 aromatic heterocycles. The van der Waals surface area contributed by atoms with E-state index in [-0.39, 0.29) is 6.61 Å². The summed E-state index contributed by atoms with van der Waals surface area (Å²) >= 11 is 0. The van der Waals surface area contributed by atoms with E-state index in [1.165, 1.54) is 0 Å². The van der Waals surface area contributed by atoms with Crippen molar-refractivity contribution < 1.29 is 14.6 Å². The lowest BCUT2D eigenvalue weighted by molar-refractivity contribution is 0.127. The monoisotopic (exact) mass is 196 g/mol. The van der Waals surface area contributed by atoms with E-state index in [9.17, 15) is 4.79 Å². The molecular formula is C9H12N2O3. The molecule has 0 spiro atoms. The maximum absolute atomic E-state index is 10.8. The zero-order valence-corrected chi connectivity index (χ0v) is 7.56. The number of carbonyl (C=O) groups is 1. The lowest BCUT2D eigenvalue weighted by Crippen LogP contribution is -2.24. The van der Waals surface area contributed by atoms with E-state index in [0.717, 1.165) is 5.56 Å². The summed E-state index contributed by atoms with van der Waals surface area (Å²) in [4.78, 5) is 10.8. The number of hydrogen-bond acceptors (Lipinski definition) is 4. The van der Waals surface area contributed by atoms with Crippen LogP contribution in [0.1, 0.15) is 5.56 Å². The lowest BCUT2D eigenvalue weighted by atomic mass is 10.2. The van der Waals surface area contributed by atoms with E-state index in [1.807, 2.05) is 0 Å². The number of aliphatic hydroxyl groups excluding tert-OH is 1. The Morgan fingerprint density at radius 2 is 2.07 bits per heavy atom. The topological polar surface area (TPSA) is 84.6 Å². The van der Waals surface area contributed by atoms with Crippen LogP contribution in [0.5, 0.6) is 0 Å². The number of benzene rings is 1. The number of hydrogen-bond donors (Lipinski definition) is 3. The van der Waals surface area contributed by atoms with Crippen LogP contribution in [0.15, 0.2) is 24.3 Å². The molecule has 1 amide bonds. The molecule has 0 saturated carbocycles. The summed E-state index contributed by atoms with van der Waals surface area (Å²) in [6.07, 6.45) is -0.649. The van der Waals surface area contributed by atoms with Gasteiger partial charge in [0.05, 0.1) is 0 Å². The Hall–Kier alpha value is -1.75. The van der Waals surface area contributed by atoms with Gasteiger partial charge in [-0.2, -0.15) is 0 Å². The van der Waals surface area contributed by atoms with Crippen molar-refractivity contribution >= 4 is 11.8 Å². The highest BCUT2D eigenvalue weighted by Gasteiger charge is 2.00. The summed E-state index contributed by atoms with van der Waals surface area (Å²) in [5.41, 5.74) is 6.98. The largest absolute Gasteiger partial charge is 0.445 e. The number of aliphatic hydroxyl groups is 1. The molecule has 76 valence electrons. The van der Waals surface area contributed by atoms with Crippen LogP contribution in [0.3, 0.4) is 0 Å². The fourth-order valence-electron chi connectivity index (χ4n) is 0.878. The van der Waals surface area contributed by atoms with Crippen LogP contribution in [0.4, 0.5) is 10.5 Å². The first kappa shape index (κ1) is 10.3. The molecule has 0 saturated heterocycles. The Labute approximate surface area is 81.5 Å². The van der Waals surface area contributed by atoms with Crippen LogP contribution in [0.25, 0.3) is 0 Å². The quantitative estimate of drug-likeness (QED) is 0.484. The Kier molecular flexibility index (Phi) is 3.75. The van der Waals surface area contributed by atoms with Crippen LogP contribution in [0.2, 0.25) is 0 Å². The number of carbonyl (C=O) groups excluding carboxylic acids is 1. The summed E-state index contributed by atoms with van der Waals surface area (Å²) in [6, 6.07) is 6.98. The van der Waals surface area contributed by atoms with Gasteiger partial charge in [0.2, 0.25) is 0 Å². The van der Waals surface area contributed by atoms with Gasteiger partial charge in [0.15, 0.2) is 0 Å². The molecule has 4 N–H and O–H groups in total. The maximum Gasteiger partial charge on any atom is 0.409 e. The van der Waals surface area contributed by atoms with Crippen molar-refractivity contribution in [2.75, 3.05) is 12.5 Å². The zero-order chi connectivity index (χ0) is 10.4. The van der Waals surface area contributed by atoms with Gasteiger partial charge in [0.25, 0.3) is 0 Å². The van der Waals surface area contributed by atoms with Gasteiger partial charge in [0, 0.05) is 5.69 Å². The number of rotatable bonds is 3. The minimum absolute atomic E-state index is 0.159. The molecular weight excluding hydrogens is 184 g/mol. The summed E-state index contributed by atoms with van der Waals surface area (Å²) in [7, 11) is 0. The fourth-order valence-corrected chi connectivity index (χ4v) is 0.878. The van der Waals surface area contributed by atoms with Crippen LogP contribution in [-0.4, -0.2) is 17.9 Å². The van der Waals surface area contributed by atoms with Crippen molar-refractivity contribution in [2.24, 2.45) is 0 Å². The zero-order valence-electron chi connectivity index (χ0n) is 7.56. The van der Waals surface area contributed by atoms with Crippen molar-refractivity contribution in [2.45, 2.75) is 6.61 Å². The molecule has 0 aliphatic heterocycles. The molecule has 0 heterocycles. The standard InChI is InChI=1S/C9H12N2O3/c10-8-3-1-7(2-4-8)5-14-9(13)11-6-12/h1-4,12H,5-6,10H2,(H,11,13). The first-order valence-electron chi connectivity index (χ1n) is 4.08. The molecule has 1 aromatic rings. The molecule has 0 aliphatic rings. The summed E-state index contributed by atoms with van der Waals surface area (Å²) in [5.74, 6) is 0. The summed E-state index contributed by atoms with van der Waals surface area (Å²) in [5, 5.41) is 10.4. The number of amides is 1. The minimum Gasteiger partial charge on any atom is -0.445 e. The molecule has 14 heavy (non-hydrogen) atoms. The molecule has 1 rings (SSSR count). The van der Waals surface area contributed by atoms with Gasteiger partial charge < -0.3 is 15.6 Å². The van der Waals surface area contributed by atoms with Gasteiger partial charge in [-0.05, 0) is 17.7 Å². The lowest BCUT2D eigenvalue weighted by Gasteiger charge is -2.04. The van der Waals surface area contributed by atoms with Crippen molar-refractivity contribution in [3.8, 4) is 0 Å². The smallest absolute Gasteiger partial charge is 0.409 e. The number of alkyl carbamates (subject to hydrolysis) is 1. The molecule has 0 radical (unpaired) electrons. The highest BCUT2D eigenvalue weighted by Crippen LogP contribution is 2.06. The summed E-state index contributed by atoms with van der Waals surface area (Å²) < 4.78 is 4.76. The van der Waals surface area contributed by atoms with E-state index in [1.54, 1.807) is 24.3 Å².